The second kappa shape index (κ2) is 6.86. The molecule has 0 spiro atoms. The van der Waals surface area contributed by atoms with E-state index in [1.807, 2.05) is 13.8 Å². The number of amides is 1. The predicted octanol–water partition coefficient (Wildman–Crippen LogP) is 3.43. The summed E-state index contributed by atoms with van der Waals surface area (Å²) >= 11 is 1.21. The van der Waals surface area contributed by atoms with E-state index in [1.165, 1.54) is 29.7 Å². The summed E-state index contributed by atoms with van der Waals surface area (Å²) < 4.78 is 6.13. The van der Waals surface area contributed by atoms with Gasteiger partial charge in [-0.15, -0.1) is 0 Å². The lowest BCUT2D eigenvalue weighted by molar-refractivity contribution is 0.0697. The zero-order valence-corrected chi connectivity index (χ0v) is 14.3. The van der Waals surface area contributed by atoms with Crippen molar-refractivity contribution in [3.63, 3.8) is 0 Å². The molecule has 0 saturated carbocycles. The van der Waals surface area contributed by atoms with Gasteiger partial charge in [0, 0.05) is 12.3 Å². The van der Waals surface area contributed by atoms with Crippen molar-refractivity contribution in [1.82, 2.24) is 9.97 Å². The topological polar surface area (TPSA) is 101 Å². The Kier molecular flexibility index (Phi) is 4.62. The Morgan fingerprint density at radius 2 is 1.96 bits per heavy atom. The fourth-order valence-electron chi connectivity index (χ4n) is 2.11. The normalized spacial score (nSPS) is 10.8. The SMILES string of the molecule is CC(C)Oc1ccc(C(=O)Nc2nc3ccc(C(=O)O)cc3s2)cn1. The number of hydrogen-bond donors (Lipinski definition) is 2. The molecular formula is C17H15N3O4S. The van der Waals surface area contributed by atoms with Crippen LogP contribution in [0.5, 0.6) is 5.88 Å². The molecule has 0 aliphatic carbocycles. The molecule has 0 atom stereocenters. The van der Waals surface area contributed by atoms with E-state index >= 15 is 0 Å². The quantitative estimate of drug-likeness (QED) is 0.725. The Morgan fingerprint density at radius 1 is 1.20 bits per heavy atom. The van der Waals surface area contributed by atoms with Crippen LogP contribution < -0.4 is 10.1 Å². The number of aromatic nitrogens is 2. The maximum Gasteiger partial charge on any atom is 0.335 e. The first-order chi connectivity index (χ1) is 11.9. The van der Waals surface area contributed by atoms with Crippen molar-refractivity contribution in [1.29, 1.82) is 0 Å². The van der Waals surface area contributed by atoms with Gasteiger partial charge in [-0.25, -0.2) is 14.8 Å². The van der Waals surface area contributed by atoms with E-state index in [-0.39, 0.29) is 17.6 Å². The lowest BCUT2D eigenvalue weighted by atomic mass is 10.2. The number of carbonyl (C=O) groups excluding carboxylic acids is 1. The van der Waals surface area contributed by atoms with Gasteiger partial charge in [-0.2, -0.15) is 0 Å². The monoisotopic (exact) mass is 357 g/mol. The van der Waals surface area contributed by atoms with Crippen molar-refractivity contribution >= 4 is 38.6 Å². The highest BCUT2D eigenvalue weighted by Crippen LogP contribution is 2.27. The summed E-state index contributed by atoms with van der Waals surface area (Å²) in [7, 11) is 0. The van der Waals surface area contributed by atoms with Crippen LogP contribution in [0.15, 0.2) is 36.5 Å². The summed E-state index contributed by atoms with van der Waals surface area (Å²) in [5.74, 6) is -0.899. The summed E-state index contributed by atoms with van der Waals surface area (Å²) in [5.41, 5.74) is 1.18. The molecule has 2 heterocycles. The number of aromatic carboxylic acids is 1. The first-order valence-electron chi connectivity index (χ1n) is 7.50. The largest absolute Gasteiger partial charge is 0.478 e. The first kappa shape index (κ1) is 16.8. The molecule has 0 bridgehead atoms. The minimum atomic E-state index is -1.00. The van der Waals surface area contributed by atoms with Crippen LogP contribution in [-0.2, 0) is 0 Å². The van der Waals surface area contributed by atoms with Crippen LogP contribution in [0.3, 0.4) is 0 Å². The fraction of sp³-hybridized carbons (Fsp3) is 0.176. The Labute approximate surface area is 147 Å². The minimum Gasteiger partial charge on any atom is -0.478 e. The fourth-order valence-corrected chi connectivity index (χ4v) is 3.01. The molecule has 25 heavy (non-hydrogen) atoms. The molecule has 1 aromatic carbocycles. The van der Waals surface area contributed by atoms with Crippen molar-refractivity contribution < 1.29 is 19.4 Å². The Balaban J connectivity index is 1.76. The van der Waals surface area contributed by atoms with Gasteiger partial charge in [0.2, 0.25) is 5.88 Å². The zero-order valence-electron chi connectivity index (χ0n) is 13.5. The van der Waals surface area contributed by atoms with E-state index in [2.05, 4.69) is 15.3 Å². The van der Waals surface area contributed by atoms with E-state index in [0.717, 1.165) is 0 Å². The number of nitrogens with one attached hydrogen (secondary N) is 1. The third-order valence-electron chi connectivity index (χ3n) is 3.21. The maximum absolute atomic E-state index is 12.3. The molecule has 0 fully saturated rings. The molecule has 3 aromatic rings. The number of hydrogen-bond acceptors (Lipinski definition) is 6. The Bertz CT molecular complexity index is 935. The molecule has 2 aromatic heterocycles. The number of rotatable bonds is 5. The van der Waals surface area contributed by atoms with Crippen molar-refractivity contribution in [3.05, 3.63) is 47.7 Å². The maximum atomic E-state index is 12.3. The van der Waals surface area contributed by atoms with Crippen molar-refractivity contribution in [3.8, 4) is 5.88 Å². The summed E-state index contributed by atoms with van der Waals surface area (Å²) in [6.45, 7) is 3.79. The number of nitrogens with zero attached hydrogens (tertiary/aromatic N) is 2. The first-order valence-corrected chi connectivity index (χ1v) is 8.32. The van der Waals surface area contributed by atoms with Crippen LogP contribution in [0, 0.1) is 0 Å². The number of carboxylic acids is 1. The molecule has 0 aliphatic heterocycles. The van der Waals surface area contributed by atoms with Gasteiger partial charge in [-0.1, -0.05) is 11.3 Å². The molecule has 0 unspecified atom stereocenters. The van der Waals surface area contributed by atoms with Gasteiger partial charge >= 0.3 is 5.97 Å². The van der Waals surface area contributed by atoms with Crippen LogP contribution in [0.25, 0.3) is 10.2 Å². The standard InChI is InChI=1S/C17H15N3O4S/c1-9(2)24-14-6-4-11(8-18-14)15(21)20-17-19-12-5-3-10(16(22)23)7-13(12)25-17/h3-9H,1-2H3,(H,22,23)(H,19,20,21). The number of anilines is 1. The lowest BCUT2D eigenvalue weighted by Gasteiger charge is -2.08. The summed E-state index contributed by atoms with van der Waals surface area (Å²) in [4.78, 5) is 31.7. The molecule has 0 saturated heterocycles. The highest BCUT2D eigenvalue weighted by atomic mass is 32.1. The van der Waals surface area contributed by atoms with Crippen molar-refractivity contribution in [2.45, 2.75) is 20.0 Å². The number of thiazole rings is 1. The van der Waals surface area contributed by atoms with Gasteiger partial charge in [0.1, 0.15) is 0 Å². The lowest BCUT2D eigenvalue weighted by Crippen LogP contribution is -2.12. The molecule has 128 valence electrons. The van der Waals surface area contributed by atoms with E-state index in [4.69, 9.17) is 9.84 Å². The molecule has 0 radical (unpaired) electrons. The molecule has 8 heteroatoms. The third-order valence-corrected chi connectivity index (χ3v) is 4.14. The molecule has 1 amide bonds. The molecule has 0 aliphatic rings. The number of carbonyl (C=O) groups is 2. The van der Waals surface area contributed by atoms with Crippen molar-refractivity contribution in [2.75, 3.05) is 5.32 Å². The highest BCUT2D eigenvalue weighted by Gasteiger charge is 2.12. The van der Waals surface area contributed by atoms with Crippen LogP contribution in [0.1, 0.15) is 34.6 Å². The van der Waals surface area contributed by atoms with Gasteiger partial charge in [-0.3, -0.25) is 10.1 Å². The van der Waals surface area contributed by atoms with Crippen molar-refractivity contribution in [2.24, 2.45) is 0 Å². The predicted molar refractivity (Wildman–Crippen MR) is 94.5 cm³/mol. The third kappa shape index (κ3) is 3.92. The van der Waals surface area contributed by atoms with Crippen LogP contribution in [0.4, 0.5) is 5.13 Å². The molecule has 3 rings (SSSR count). The molecular weight excluding hydrogens is 342 g/mol. The van der Waals surface area contributed by atoms with E-state index in [9.17, 15) is 9.59 Å². The Hall–Kier alpha value is -3.00. The summed E-state index contributed by atoms with van der Waals surface area (Å²) in [6.07, 6.45) is 1.44. The average Bonchev–Trinajstić information content (AvgIpc) is 2.96. The number of carboxylic acid groups (broad SMARTS) is 1. The number of ether oxygens (including phenoxy) is 1. The smallest absolute Gasteiger partial charge is 0.335 e. The van der Waals surface area contributed by atoms with Crippen LogP contribution in [0.2, 0.25) is 0 Å². The second-order valence-electron chi connectivity index (χ2n) is 5.51. The Morgan fingerprint density at radius 3 is 2.60 bits per heavy atom. The van der Waals surface area contributed by atoms with Gasteiger partial charge in [0.15, 0.2) is 5.13 Å². The van der Waals surface area contributed by atoms with E-state index in [0.29, 0.717) is 26.8 Å². The number of benzene rings is 1. The molecule has 2 N–H and O–H groups in total. The van der Waals surface area contributed by atoms with Crippen LogP contribution >= 0.6 is 11.3 Å². The van der Waals surface area contributed by atoms with E-state index < -0.39 is 5.97 Å². The molecule has 7 nitrogen and oxygen atoms in total. The number of fused-ring (bicyclic) bond motifs is 1. The summed E-state index contributed by atoms with van der Waals surface area (Å²) in [6, 6.07) is 7.88. The minimum absolute atomic E-state index is 0.00520. The highest BCUT2D eigenvalue weighted by molar-refractivity contribution is 7.22. The van der Waals surface area contributed by atoms with Gasteiger partial charge < -0.3 is 9.84 Å². The van der Waals surface area contributed by atoms with E-state index in [1.54, 1.807) is 18.2 Å². The van der Waals surface area contributed by atoms with Gasteiger partial charge in [0.05, 0.1) is 27.4 Å². The van der Waals surface area contributed by atoms with Gasteiger partial charge in [0.25, 0.3) is 5.91 Å². The zero-order chi connectivity index (χ0) is 18.0. The van der Waals surface area contributed by atoms with Gasteiger partial charge in [-0.05, 0) is 38.1 Å². The number of pyridine rings is 1. The summed E-state index contributed by atoms with van der Waals surface area (Å²) in [5, 5.41) is 12.1. The van der Waals surface area contributed by atoms with Crippen LogP contribution in [-0.4, -0.2) is 33.1 Å². The average molecular weight is 357 g/mol. The second-order valence-corrected chi connectivity index (χ2v) is 6.54.